The predicted octanol–water partition coefficient (Wildman–Crippen LogP) is 3.28. The zero-order valence-electron chi connectivity index (χ0n) is 15.6. The van der Waals surface area contributed by atoms with Crippen LogP contribution < -0.4 is 9.47 Å². The van der Waals surface area contributed by atoms with E-state index in [2.05, 4.69) is 6.58 Å². The molecule has 0 aliphatic rings. The number of Topliss-reactive ketones (excluding diaryl/α,β-unsaturated/α-hetero) is 1. The highest BCUT2D eigenvalue weighted by atomic mass is 32.2. The number of sulfonamides is 1. The maximum atomic E-state index is 13.1. The molecule has 0 radical (unpaired) electrons. The second kappa shape index (κ2) is 8.83. The molecule has 0 aromatic heterocycles. The Kier molecular flexibility index (Phi) is 6.76. The number of hydrogen-bond donors (Lipinski definition) is 0. The zero-order chi connectivity index (χ0) is 20.0. The molecule has 0 aliphatic carbocycles. The predicted molar refractivity (Wildman–Crippen MR) is 104 cm³/mol. The van der Waals surface area contributed by atoms with Crippen molar-refractivity contribution in [2.75, 3.05) is 20.8 Å². The van der Waals surface area contributed by atoms with E-state index in [0.29, 0.717) is 22.6 Å². The third-order valence-electron chi connectivity index (χ3n) is 4.06. The summed E-state index contributed by atoms with van der Waals surface area (Å²) in [6.07, 6.45) is 1.52. The fraction of sp³-hybridized carbons (Fsp3) is 0.250. The van der Waals surface area contributed by atoms with E-state index >= 15 is 0 Å². The summed E-state index contributed by atoms with van der Waals surface area (Å²) in [5, 5.41) is 0. The van der Waals surface area contributed by atoms with E-state index in [9.17, 15) is 13.2 Å². The van der Waals surface area contributed by atoms with E-state index in [1.165, 1.54) is 55.8 Å². The summed E-state index contributed by atoms with van der Waals surface area (Å²) in [6.45, 7) is 5.30. The lowest BCUT2D eigenvalue weighted by Crippen LogP contribution is -2.31. The number of rotatable bonds is 9. The average molecular weight is 389 g/mol. The first-order chi connectivity index (χ1) is 12.8. The van der Waals surface area contributed by atoms with Gasteiger partial charge in [0.2, 0.25) is 10.0 Å². The van der Waals surface area contributed by atoms with Gasteiger partial charge in [0.15, 0.2) is 17.3 Å². The van der Waals surface area contributed by atoms with E-state index in [4.69, 9.17) is 9.47 Å². The van der Waals surface area contributed by atoms with Crippen LogP contribution in [-0.2, 0) is 16.6 Å². The Morgan fingerprint density at radius 3 is 2.30 bits per heavy atom. The van der Waals surface area contributed by atoms with Crippen molar-refractivity contribution in [3.63, 3.8) is 0 Å². The molecule has 0 N–H and O–H groups in total. The molecule has 6 nitrogen and oxygen atoms in total. The molecule has 0 amide bonds. The third kappa shape index (κ3) is 4.56. The number of nitrogens with zero attached hydrogens (tertiary/aromatic N) is 1. The van der Waals surface area contributed by atoms with Crippen LogP contribution in [0.2, 0.25) is 0 Å². The Hall–Kier alpha value is -2.64. The number of hydrogen-bond acceptors (Lipinski definition) is 5. The second-order valence-electron chi connectivity index (χ2n) is 5.82. The van der Waals surface area contributed by atoms with Gasteiger partial charge >= 0.3 is 0 Å². The van der Waals surface area contributed by atoms with Crippen molar-refractivity contribution in [2.24, 2.45) is 0 Å². The number of ketones is 1. The highest BCUT2D eigenvalue weighted by molar-refractivity contribution is 7.89. The van der Waals surface area contributed by atoms with Crippen LogP contribution in [0.15, 0.2) is 60.0 Å². The van der Waals surface area contributed by atoms with Gasteiger partial charge in [-0.25, -0.2) is 8.42 Å². The van der Waals surface area contributed by atoms with Crippen molar-refractivity contribution < 1.29 is 22.7 Å². The molecule has 7 heteroatoms. The molecule has 2 aromatic rings. The van der Waals surface area contributed by atoms with Gasteiger partial charge in [-0.1, -0.05) is 30.3 Å². The minimum Gasteiger partial charge on any atom is -0.493 e. The SMILES string of the molecule is C=CCN(Cc1cccc(OC)c1OC)S(=O)(=O)c1ccc(C(C)=O)cc1. The van der Waals surface area contributed by atoms with E-state index < -0.39 is 10.0 Å². The van der Waals surface area contributed by atoms with Crippen molar-refractivity contribution in [1.29, 1.82) is 0 Å². The molecule has 0 saturated heterocycles. The molecule has 0 fully saturated rings. The molecule has 27 heavy (non-hydrogen) atoms. The topological polar surface area (TPSA) is 72.9 Å². The quantitative estimate of drug-likeness (QED) is 0.486. The highest BCUT2D eigenvalue weighted by Crippen LogP contribution is 2.32. The summed E-state index contributed by atoms with van der Waals surface area (Å²) >= 11 is 0. The van der Waals surface area contributed by atoms with Crippen molar-refractivity contribution in [2.45, 2.75) is 18.4 Å². The molecule has 0 spiro atoms. The molecule has 0 aliphatic heterocycles. The first kappa shape index (κ1) is 20.7. The summed E-state index contributed by atoms with van der Waals surface area (Å²) < 4.78 is 38.1. The average Bonchev–Trinajstić information content (AvgIpc) is 2.67. The van der Waals surface area contributed by atoms with Crippen LogP contribution in [0.3, 0.4) is 0 Å². The van der Waals surface area contributed by atoms with E-state index in [-0.39, 0.29) is 23.8 Å². The Labute approximate surface area is 160 Å². The zero-order valence-corrected chi connectivity index (χ0v) is 16.5. The third-order valence-corrected chi connectivity index (χ3v) is 5.89. The molecule has 2 rings (SSSR count). The minimum atomic E-state index is -3.79. The van der Waals surface area contributed by atoms with E-state index in [1.54, 1.807) is 18.2 Å². The summed E-state index contributed by atoms with van der Waals surface area (Å²) in [4.78, 5) is 11.5. The van der Waals surface area contributed by atoms with Crippen molar-refractivity contribution in [1.82, 2.24) is 4.31 Å². The lowest BCUT2D eigenvalue weighted by molar-refractivity contribution is 0.101. The smallest absolute Gasteiger partial charge is 0.243 e. The Balaban J connectivity index is 2.42. The molecule has 0 bridgehead atoms. The Bertz CT molecular complexity index is 920. The fourth-order valence-corrected chi connectivity index (χ4v) is 4.06. The first-order valence-electron chi connectivity index (χ1n) is 8.27. The molecular weight excluding hydrogens is 366 g/mol. The summed E-state index contributed by atoms with van der Waals surface area (Å²) in [5.41, 5.74) is 1.13. The molecular formula is C20H23NO5S. The van der Waals surface area contributed by atoms with Crippen molar-refractivity contribution in [3.8, 4) is 11.5 Å². The standard InChI is InChI=1S/C20H23NO5S/c1-5-13-21(14-17-7-6-8-19(25-3)20(17)26-4)27(23,24)18-11-9-16(10-12-18)15(2)22/h5-12H,1,13-14H2,2-4H3. The largest absolute Gasteiger partial charge is 0.493 e. The summed E-state index contributed by atoms with van der Waals surface area (Å²) in [7, 11) is -0.762. The molecule has 0 atom stereocenters. The Morgan fingerprint density at radius 2 is 1.78 bits per heavy atom. The molecule has 144 valence electrons. The van der Waals surface area contributed by atoms with Crippen LogP contribution in [0.4, 0.5) is 0 Å². The monoisotopic (exact) mass is 389 g/mol. The Morgan fingerprint density at radius 1 is 1.11 bits per heavy atom. The molecule has 2 aromatic carbocycles. The minimum absolute atomic E-state index is 0.0865. The lowest BCUT2D eigenvalue weighted by atomic mass is 10.2. The van der Waals surface area contributed by atoms with Crippen LogP contribution in [0.25, 0.3) is 0 Å². The number of carbonyl (C=O) groups excluding carboxylic acids is 1. The van der Waals surface area contributed by atoms with Crippen LogP contribution in [-0.4, -0.2) is 39.3 Å². The number of ether oxygens (including phenoxy) is 2. The van der Waals surface area contributed by atoms with E-state index in [1.807, 2.05) is 0 Å². The number of carbonyl (C=O) groups is 1. The lowest BCUT2D eigenvalue weighted by Gasteiger charge is -2.22. The van der Waals surface area contributed by atoms with Gasteiger partial charge in [-0.15, -0.1) is 6.58 Å². The van der Waals surface area contributed by atoms with Gasteiger partial charge in [-0.2, -0.15) is 4.31 Å². The van der Waals surface area contributed by atoms with Gasteiger partial charge in [-0.05, 0) is 25.1 Å². The van der Waals surface area contributed by atoms with Gasteiger partial charge in [-0.3, -0.25) is 4.79 Å². The van der Waals surface area contributed by atoms with Crippen molar-refractivity contribution in [3.05, 3.63) is 66.2 Å². The van der Waals surface area contributed by atoms with Crippen LogP contribution in [0, 0.1) is 0 Å². The highest BCUT2D eigenvalue weighted by Gasteiger charge is 2.25. The van der Waals surface area contributed by atoms with Crippen LogP contribution in [0.1, 0.15) is 22.8 Å². The van der Waals surface area contributed by atoms with Gasteiger partial charge in [0.05, 0.1) is 19.1 Å². The van der Waals surface area contributed by atoms with Gasteiger partial charge in [0, 0.05) is 24.2 Å². The maximum absolute atomic E-state index is 13.1. The van der Waals surface area contributed by atoms with E-state index in [0.717, 1.165) is 0 Å². The normalized spacial score (nSPS) is 11.3. The maximum Gasteiger partial charge on any atom is 0.243 e. The summed E-state index contributed by atoms with van der Waals surface area (Å²) in [5.74, 6) is 0.885. The number of para-hydroxylation sites is 1. The summed E-state index contributed by atoms with van der Waals surface area (Å²) in [6, 6.07) is 11.2. The number of benzene rings is 2. The number of methoxy groups -OCH3 is 2. The molecule has 0 unspecified atom stereocenters. The second-order valence-corrected chi connectivity index (χ2v) is 7.76. The van der Waals surface area contributed by atoms with Crippen molar-refractivity contribution >= 4 is 15.8 Å². The van der Waals surface area contributed by atoms with Gasteiger partial charge in [0.1, 0.15) is 0 Å². The van der Waals surface area contributed by atoms with Crippen LogP contribution in [0.5, 0.6) is 11.5 Å². The molecule has 0 heterocycles. The fourth-order valence-electron chi connectivity index (χ4n) is 2.67. The van der Waals surface area contributed by atoms with Gasteiger partial charge in [0.25, 0.3) is 0 Å². The van der Waals surface area contributed by atoms with Crippen LogP contribution >= 0.6 is 0 Å². The molecule has 0 saturated carbocycles. The first-order valence-corrected chi connectivity index (χ1v) is 9.71. The van der Waals surface area contributed by atoms with Gasteiger partial charge < -0.3 is 9.47 Å².